The number of carboxylic acid groups (broad SMARTS) is 1. The number of carbonyl (C=O) groups is 2. The number of carbonyl (C=O) groups excluding carboxylic acids is 1. The lowest BCUT2D eigenvalue weighted by molar-refractivity contribution is -0.140. The molecule has 1 aliphatic rings. The van der Waals surface area contributed by atoms with Gasteiger partial charge in [-0.05, 0) is 0 Å². The lowest BCUT2D eigenvalue weighted by Gasteiger charge is -2.18. The molecule has 0 saturated carbocycles. The standard InChI is InChI=1S/C14H20N7O9P/c15-5(14(25)26)1-7(22)20-31(27,28)29-2-6-9(23)10(24)13(30-6)21-4-19-8-11(16)17-3-18-12(8)21/h3-6,9-10,13,23-24H,1-2,15H2,(H,25,26)(H2,16,17,18)(H2,20,22,27,28)/t5-,6-,9-,10-,13-/m1/s1. The van der Waals surface area contributed by atoms with Crippen LogP contribution >= 0.6 is 7.75 Å². The Bertz CT molecular complexity index is 1030. The van der Waals surface area contributed by atoms with Crippen molar-refractivity contribution in [1.29, 1.82) is 0 Å². The highest BCUT2D eigenvalue weighted by molar-refractivity contribution is 7.51. The smallest absolute Gasteiger partial charge is 0.432 e. The molecular formula is C14H20N7O9P. The first-order valence-electron chi connectivity index (χ1n) is 8.71. The predicted octanol–water partition coefficient (Wildman–Crippen LogP) is -2.94. The summed E-state index contributed by atoms with van der Waals surface area (Å²) in [6.45, 7) is -0.697. The number of carboxylic acids is 1. The molecule has 1 saturated heterocycles. The summed E-state index contributed by atoms with van der Waals surface area (Å²) in [5, 5.41) is 30.8. The minimum atomic E-state index is -4.74. The first-order valence-corrected chi connectivity index (χ1v) is 10.3. The van der Waals surface area contributed by atoms with Gasteiger partial charge in [0.1, 0.15) is 36.2 Å². The van der Waals surface area contributed by atoms with Crippen molar-refractivity contribution in [3.63, 3.8) is 0 Å². The monoisotopic (exact) mass is 461 g/mol. The molecular weight excluding hydrogens is 441 g/mol. The third-order valence-electron chi connectivity index (χ3n) is 4.40. The molecule has 9 N–H and O–H groups in total. The predicted molar refractivity (Wildman–Crippen MR) is 99.8 cm³/mol. The number of nitrogens with zero attached hydrogens (tertiary/aromatic N) is 4. The Kier molecular flexibility index (Phi) is 6.51. The van der Waals surface area contributed by atoms with Crippen LogP contribution in [0.15, 0.2) is 12.7 Å². The van der Waals surface area contributed by atoms with Gasteiger partial charge in [0.15, 0.2) is 17.7 Å². The zero-order valence-electron chi connectivity index (χ0n) is 15.7. The van der Waals surface area contributed by atoms with E-state index in [0.717, 1.165) is 0 Å². The van der Waals surface area contributed by atoms with E-state index >= 15 is 0 Å². The number of hydrogen-bond donors (Lipinski definition) is 7. The average Bonchev–Trinajstić information content (AvgIpc) is 3.22. The van der Waals surface area contributed by atoms with Gasteiger partial charge < -0.3 is 36.4 Å². The number of aromatic nitrogens is 4. The van der Waals surface area contributed by atoms with Crippen molar-refractivity contribution in [3.05, 3.63) is 12.7 Å². The van der Waals surface area contributed by atoms with Gasteiger partial charge in [-0.3, -0.25) is 23.8 Å². The lowest BCUT2D eigenvalue weighted by Crippen LogP contribution is -2.37. The van der Waals surface area contributed by atoms with E-state index in [1.807, 2.05) is 0 Å². The summed E-state index contributed by atoms with van der Waals surface area (Å²) >= 11 is 0. The largest absolute Gasteiger partial charge is 0.480 e. The van der Waals surface area contributed by atoms with Crippen molar-refractivity contribution in [2.45, 2.75) is 37.0 Å². The highest BCUT2D eigenvalue weighted by Crippen LogP contribution is 2.39. The van der Waals surface area contributed by atoms with Crippen molar-refractivity contribution in [2.24, 2.45) is 5.73 Å². The van der Waals surface area contributed by atoms with Gasteiger partial charge in [0.25, 0.3) is 0 Å². The van der Waals surface area contributed by atoms with Crippen molar-refractivity contribution in [1.82, 2.24) is 24.6 Å². The van der Waals surface area contributed by atoms with Crippen molar-refractivity contribution in [3.8, 4) is 0 Å². The van der Waals surface area contributed by atoms with E-state index in [1.165, 1.54) is 17.2 Å². The zero-order chi connectivity index (χ0) is 22.9. The minimum absolute atomic E-state index is 0.0937. The van der Waals surface area contributed by atoms with Crippen LogP contribution < -0.4 is 16.6 Å². The molecule has 2 aromatic rings. The van der Waals surface area contributed by atoms with Crippen molar-refractivity contribution < 1.29 is 43.6 Å². The van der Waals surface area contributed by atoms with E-state index < -0.39 is 63.2 Å². The fourth-order valence-electron chi connectivity index (χ4n) is 2.85. The number of rotatable bonds is 8. The molecule has 3 heterocycles. The van der Waals surface area contributed by atoms with Crippen molar-refractivity contribution >= 4 is 36.6 Å². The summed E-state index contributed by atoms with van der Waals surface area (Å²) in [5.41, 5.74) is 11.3. The topological polar surface area (TPSA) is 258 Å². The van der Waals surface area contributed by atoms with Crippen LogP contribution in [0, 0.1) is 0 Å². The van der Waals surface area contributed by atoms with E-state index in [9.17, 15) is 29.3 Å². The van der Waals surface area contributed by atoms with Crippen LogP contribution in [0.4, 0.5) is 5.82 Å². The second-order valence-electron chi connectivity index (χ2n) is 6.63. The average molecular weight is 461 g/mol. The van der Waals surface area contributed by atoms with Crippen LogP contribution in [0.2, 0.25) is 0 Å². The Morgan fingerprint density at radius 3 is 2.71 bits per heavy atom. The summed E-state index contributed by atoms with van der Waals surface area (Å²) in [5.74, 6) is -2.50. The van der Waals surface area contributed by atoms with E-state index in [1.54, 1.807) is 5.09 Å². The maximum atomic E-state index is 12.0. The highest BCUT2D eigenvalue weighted by atomic mass is 31.2. The summed E-state index contributed by atoms with van der Waals surface area (Å²) in [4.78, 5) is 43.8. The van der Waals surface area contributed by atoms with E-state index in [0.29, 0.717) is 0 Å². The number of ether oxygens (including phenoxy) is 1. The van der Waals surface area contributed by atoms with E-state index in [4.69, 9.17) is 25.8 Å². The van der Waals surface area contributed by atoms with Gasteiger partial charge in [0.2, 0.25) is 5.91 Å². The Labute approximate surface area is 173 Å². The molecule has 3 rings (SSSR count). The molecule has 6 atom stereocenters. The summed E-state index contributed by atoms with van der Waals surface area (Å²) < 4.78 is 23.6. The molecule has 17 heteroatoms. The molecule has 1 amide bonds. The summed E-state index contributed by atoms with van der Waals surface area (Å²) in [6, 6.07) is -1.57. The molecule has 0 spiro atoms. The minimum Gasteiger partial charge on any atom is -0.480 e. The Morgan fingerprint density at radius 2 is 2.03 bits per heavy atom. The first kappa shape index (κ1) is 23.0. The van der Waals surface area contributed by atoms with Crippen LogP contribution in [-0.2, 0) is 23.4 Å². The number of anilines is 1. The van der Waals surface area contributed by atoms with Crippen LogP contribution in [0.25, 0.3) is 11.2 Å². The normalized spacial score (nSPS) is 26.5. The maximum absolute atomic E-state index is 12.0. The zero-order valence-corrected chi connectivity index (χ0v) is 16.6. The number of hydrogen-bond acceptors (Lipinski definition) is 12. The molecule has 0 radical (unpaired) electrons. The van der Waals surface area contributed by atoms with Gasteiger partial charge in [0, 0.05) is 0 Å². The third kappa shape index (κ3) is 4.96. The molecule has 1 fully saturated rings. The van der Waals surface area contributed by atoms with Gasteiger partial charge in [-0.2, -0.15) is 0 Å². The molecule has 2 aromatic heterocycles. The Hall–Kier alpha value is -2.72. The number of amides is 1. The number of aliphatic hydroxyl groups is 2. The summed E-state index contributed by atoms with van der Waals surface area (Å²) in [6.07, 6.45) is -3.77. The number of nitrogen functional groups attached to an aromatic ring is 1. The Morgan fingerprint density at radius 1 is 1.32 bits per heavy atom. The van der Waals surface area contributed by atoms with Gasteiger partial charge in [0.05, 0.1) is 19.4 Å². The molecule has 16 nitrogen and oxygen atoms in total. The maximum Gasteiger partial charge on any atom is 0.432 e. The number of aliphatic hydroxyl groups excluding tert-OH is 2. The second-order valence-corrected chi connectivity index (χ2v) is 8.15. The quantitative estimate of drug-likeness (QED) is 0.194. The van der Waals surface area contributed by atoms with Crippen molar-refractivity contribution in [2.75, 3.05) is 12.3 Å². The molecule has 1 unspecified atom stereocenters. The molecule has 1 aliphatic heterocycles. The lowest BCUT2D eigenvalue weighted by atomic mass is 10.1. The number of aliphatic carboxylic acids is 1. The molecule has 0 aliphatic carbocycles. The first-order chi connectivity index (χ1) is 14.5. The molecule has 170 valence electrons. The molecule has 0 bridgehead atoms. The van der Waals surface area contributed by atoms with Crippen LogP contribution in [0.3, 0.4) is 0 Å². The van der Waals surface area contributed by atoms with Gasteiger partial charge >= 0.3 is 13.7 Å². The SMILES string of the molecule is Nc1ncnc2c1ncn2[C@@H]1O[C@H](COP(=O)(O)NC(=O)C[C@@H](N)C(=O)O)[C@@H](O)[C@H]1O. The highest BCUT2D eigenvalue weighted by Gasteiger charge is 2.45. The van der Waals surface area contributed by atoms with E-state index in [-0.39, 0.29) is 17.0 Å². The van der Waals surface area contributed by atoms with E-state index in [2.05, 4.69) is 15.0 Å². The Balaban J connectivity index is 1.64. The molecule has 0 aromatic carbocycles. The van der Waals surface area contributed by atoms with Crippen LogP contribution in [0.5, 0.6) is 0 Å². The van der Waals surface area contributed by atoms with Crippen LogP contribution in [-0.4, -0.2) is 82.6 Å². The summed E-state index contributed by atoms with van der Waals surface area (Å²) in [7, 11) is -4.74. The molecule has 31 heavy (non-hydrogen) atoms. The number of nitrogens with two attached hydrogens (primary N) is 2. The van der Waals surface area contributed by atoms with Crippen LogP contribution in [0.1, 0.15) is 12.6 Å². The number of imidazole rings is 1. The fourth-order valence-corrected chi connectivity index (χ4v) is 3.67. The van der Waals surface area contributed by atoms with Gasteiger partial charge in [-0.25, -0.2) is 19.5 Å². The van der Waals surface area contributed by atoms with Gasteiger partial charge in [-0.15, -0.1) is 0 Å². The number of nitrogens with one attached hydrogen (secondary N) is 1. The fraction of sp³-hybridized carbons (Fsp3) is 0.500. The number of fused-ring (bicyclic) bond motifs is 1. The second kappa shape index (κ2) is 8.80. The third-order valence-corrected chi connectivity index (χ3v) is 5.43. The van der Waals surface area contributed by atoms with Gasteiger partial charge in [-0.1, -0.05) is 0 Å².